The number of methoxy groups -OCH3 is 1. The monoisotopic (exact) mass is 457 g/mol. The topological polar surface area (TPSA) is 82.1 Å². The predicted octanol–water partition coefficient (Wildman–Crippen LogP) is 3.02. The fourth-order valence-electron chi connectivity index (χ4n) is 3.97. The first-order valence-electron chi connectivity index (χ1n) is 10.7. The van der Waals surface area contributed by atoms with Crippen LogP contribution in [0.15, 0.2) is 60.4 Å². The number of hydrogen-bond donors (Lipinski definition) is 0. The quantitative estimate of drug-likeness (QED) is 0.636. The molecule has 0 radical (unpaired) electrons. The summed E-state index contributed by atoms with van der Waals surface area (Å²) in [5, 5.41) is 0. The number of carbonyl (C=O) groups excluding carboxylic acids is 1. The highest BCUT2D eigenvalue weighted by molar-refractivity contribution is 8.00. The first kappa shape index (κ1) is 22.4. The summed E-state index contributed by atoms with van der Waals surface area (Å²) in [4.78, 5) is 15.3. The maximum absolute atomic E-state index is 13.7. The maximum Gasteiger partial charge on any atom is 0.290 e. The molecule has 7 nitrogen and oxygen atoms in total. The molecule has 4 rings (SSSR count). The molecule has 1 amide bonds. The third-order valence-corrected chi connectivity index (χ3v) is 7.36. The molecule has 2 aromatic rings. The number of hydrogen-bond acceptors (Lipinski definition) is 6. The molecule has 0 saturated carbocycles. The highest BCUT2D eigenvalue weighted by Gasteiger charge is 2.36. The molecule has 1 fully saturated rings. The van der Waals surface area contributed by atoms with Gasteiger partial charge in [0.15, 0.2) is 9.84 Å². The van der Waals surface area contributed by atoms with Gasteiger partial charge in [0.05, 0.1) is 19.0 Å². The predicted molar refractivity (Wildman–Crippen MR) is 120 cm³/mol. The van der Waals surface area contributed by atoms with E-state index in [1.165, 1.54) is 0 Å². The Morgan fingerprint density at radius 3 is 2.50 bits per heavy atom. The summed E-state index contributed by atoms with van der Waals surface area (Å²) in [6, 6.07) is 16.1. The van der Waals surface area contributed by atoms with Crippen molar-refractivity contribution in [1.82, 2.24) is 4.90 Å². The van der Waals surface area contributed by atoms with Gasteiger partial charge in [0.2, 0.25) is 5.76 Å². The van der Waals surface area contributed by atoms with Gasteiger partial charge in [0.25, 0.3) is 5.91 Å². The van der Waals surface area contributed by atoms with Crippen LogP contribution < -0.4 is 4.74 Å². The Kier molecular flexibility index (Phi) is 6.81. The molecule has 32 heavy (non-hydrogen) atoms. The fraction of sp³-hybridized carbons (Fsp3) is 0.375. The van der Waals surface area contributed by atoms with Crippen LogP contribution in [0.1, 0.15) is 24.0 Å². The second kappa shape index (κ2) is 9.75. The molecule has 1 saturated heterocycles. The summed E-state index contributed by atoms with van der Waals surface area (Å²) in [5.74, 6) is 0.00651. The molecule has 8 heteroatoms. The smallest absolute Gasteiger partial charge is 0.290 e. The van der Waals surface area contributed by atoms with Gasteiger partial charge in [-0.1, -0.05) is 42.5 Å². The standard InChI is InChI=1S/C24H27NO6S/c1-29-20-11-9-18(10-12-20)16-25(17-21-8-5-13-30-21)24(26)22-23(19-6-3-2-4-7-19)32(27,28)15-14-31-22/h2-4,6-7,9-12,21H,5,8,13-17H2,1H3/t21-/m1/s1. The average molecular weight is 458 g/mol. The maximum atomic E-state index is 13.7. The molecule has 0 aliphatic carbocycles. The van der Waals surface area contributed by atoms with E-state index in [9.17, 15) is 13.2 Å². The molecule has 0 N–H and O–H groups in total. The van der Waals surface area contributed by atoms with E-state index in [1.807, 2.05) is 24.3 Å². The lowest BCUT2D eigenvalue weighted by molar-refractivity contribution is -0.133. The molecule has 0 aromatic heterocycles. The van der Waals surface area contributed by atoms with Crippen LogP contribution in [0.25, 0.3) is 4.91 Å². The summed E-state index contributed by atoms with van der Waals surface area (Å²) in [7, 11) is -2.06. The minimum atomic E-state index is -3.65. The summed E-state index contributed by atoms with van der Waals surface area (Å²) in [6.45, 7) is 1.28. The van der Waals surface area contributed by atoms with Crippen molar-refractivity contribution in [3.05, 3.63) is 71.5 Å². The van der Waals surface area contributed by atoms with E-state index in [-0.39, 0.29) is 29.1 Å². The molecule has 2 aliphatic rings. The Hall–Kier alpha value is -2.84. The van der Waals surface area contributed by atoms with Crippen LogP contribution in [0.5, 0.6) is 5.75 Å². The Morgan fingerprint density at radius 2 is 1.84 bits per heavy atom. The summed E-state index contributed by atoms with van der Waals surface area (Å²) in [5.41, 5.74) is 1.36. The van der Waals surface area contributed by atoms with E-state index >= 15 is 0 Å². The number of carbonyl (C=O) groups is 1. The molecular formula is C24H27NO6S. The first-order valence-corrected chi connectivity index (χ1v) is 12.3. The van der Waals surface area contributed by atoms with Crippen molar-refractivity contribution in [2.45, 2.75) is 25.5 Å². The molecule has 170 valence electrons. The average Bonchev–Trinajstić information content (AvgIpc) is 3.31. The van der Waals surface area contributed by atoms with Gasteiger partial charge < -0.3 is 19.1 Å². The molecule has 0 bridgehead atoms. The lowest BCUT2D eigenvalue weighted by Gasteiger charge is -2.29. The van der Waals surface area contributed by atoms with E-state index < -0.39 is 15.7 Å². The zero-order valence-electron chi connectivity index (χ0n) is 18.0. The van der Waals surface area contributed by atoms with Crippen molar-refractivity contribution in [2.75, 3.05) is 32.6 Å². The minimum absolute atomic E-state index is 0.0404. The van der Waals surface area contributed by atoms with E-state index in [1.54, 1.807) is 42.3 Å². The number of amides is 1. The Bertz CT molecular complexity index is 1070. The molecule has 0 unspecified atom stereocenters. The van der Waals surface area contributed by atoms with Crippen LogP contribution in [0.3, 0.4) is 0 Å². The summed E-state index contributed by atoms with van der Waals surface area (Å²) < 4.78 is 42.6. The van der Waals surface area contributed by atoms with Gasteiger partial charge in [0.1, 0.15) is 17.3 Å². The first-order chi connectivity index (χ1) is 15.5. The minimum Gasteiger partial charge on any atom is -0.497 e. The SMILES string of the molecule is COc1ccc(CN(C[C@H]2CCCO2)C(=O)C2=C(c3ccccc3)S(=O)(=O)CCO2)cc1. The second-order valence-electron chi connectivity index (χ2n) is 7.86. The van der Waals surface area contributed by atoms with Crippen LogP contribution in [0.4, 0.5) is 0 Å². The van der Waals surface area contributed by atoms with Crippen molar-refractivity contribution < 1.29 is 27.4 Å². The highest BCUT2D eigenvalue weighted by atomic mass is 32.2. The van der Waals surface area contributed by atoms with Gasteiger partial charge in [-0.2, -0.15) is 0 Å². The highest BCUT2D eigenvalue weighted by Crippen LogP contribution is 2.31. The lowest BCUT2D eigenvalue weighted by atomic mass is 10.1. The number of nitrogens with zero attached hydrogens (tertiary/aromatic N) is 1. The van der Waals surface area contributed by atoms with Crippen LogP contribution in [-0.4, -0.2) is 58.0 Å². The Balaban J connectivity index is 1.71. The largest absolute Gasteiger partial charge is 0.497 e. The van der Waals surface area contributed by atoms with E-state index in [2.05, 4.69) is 0 Å². The zero-order valence-corrected chi connectivity index (χ0v) is 18.8. The van der Waals surface area contributed by atoms with Crippen molar-refractivity contribution in [3.8, 4) is 5.75 Å². The van der Waals surface area contributed by atoms with Crippen molar-refractivity contribution >= 4 is 20.6 Å². The van der Waals surface area contributed by atoms with Gasteiger partial charge >= 0.3 is 0 Å². The molecule has 2 heterocycles. The van der Waals surface area contributed by atoms with Gasteiger partial charge in [0, 0.05) is 19.7 Å². The van der Waals surface area contributed by atoms with Gasteiger partial charge in [-0.3, -0.25) is 4.79 Å². The van der Waals surface area contributed by atoms with E-state index in [0.717, 1.165) is 24.2 Å². The normalized spacial score (nSPS) is 20.0. The van der Waals surface area contributed by atoms with Crippen molar-refractivity contribution in [1.29, 1.82) is 0 Å². The number of rotatable bonds is 7. The molecule has 2 aliphatic heterocycles. The van der Waals surface area contributed by atoms with E-state index in [4.69, 9.17) is 14.2 Å². The zero-order chi connectivity index (χ0) is 22.6. The van der Waals surface area contributed by atoms with Gasteiger partial charge in [-0.05, 0) is 36.1 Å². The summed E-state index contributed by atoms with van der Waals surface area (Å²) >= 11 is 0. The van der Waals surface area contributed by atoms with Gasteiger partial charge in [-0.15, -0.1) is 0 Å². The fourth-order valence-corrected chi connectivity index (χ4v) is 5.40. The van der Waals surface area contributed by atoms with Crippen molar-refractivity contribution in [3.63, 3.8) is 0 Å². The molecular weight excluding hydrogens is 430 g/mol. The summed E-state index contributed by atoms with van der Waals surface area (Å²) in [6.07, 6.45) is 1.71. The van der Waals surface area contributed by atoms with Crippen molar-refractivity contribution in [2.24, 2.45) is 0 Å². The van der Waals surface area contributed by atoms with E-state index in [0.29, 0.717) is 25.3 Å². The number of ether oxygens (including phenoxy) is 3. The Labute approximate surface area is 188 Å². The number of sulfone groups is 1. The molecule has 1 atom stereocenters. The third-order valence-electron chi connectivity index (χ3n) is 5.61. The van der Waals surface area contributed by atoms with Crippen LogP contribution in [0, 0.1) is 0 Å². The molecule has 2 aromatic carbocycles. The lowest BCUT2D eigenvalue weighted by Crippen LogP contribution is -2.40. The number of benzene rings is 2. The van der Waals surface area contributed by atoms with Crippen LogP contribution >= 0.6 is 0 Å². The van der Waals surface area contributed by atoms with Crippen LogP contribution in [0.2, 0.25) is 0 Å². The molecule has 0 spiro atoms. The second-order valence-corrected chi connectivity index (χ2v) is 9.91. The van der Waals surface area contributed by atoms with Crippen LogP contribution in [-0.2, 0) is 30.7 Å². The Morgan fingerprint density at radius 1 is 1.09 bits per heavy atom. The third kappa shape index (κ3) is 4.97. The van der Waals surface area contributed by atoms with Gasteiger partial charge in [-0.25, -0.2) is 8.42 Å².